The highest BCUT2D eigenvalue weighted by Crippen LogP contribution is 2.14. The number of pyridine rings is 1. The van der Waals surface area contributed by atoms with E-state index in [1.807, 2.05) is 37.3 Å². The number of carbonyl (C=O) groups is 1. The first-order valence-corrected chi connectivity index (χ1v) is 7.32. The summed E-state index contributed by atoms with van der Waals surface area (Å²) < 4.78 is 5.25. The van der Waals surface area contributed by atoms with Crippen LogP contribution in [0.5, 0.6) is 5.88 Å². The summed E-state index contributed by atoms with van der Waals surface area (Å²) in [5, 5.41) is 2.39. The highest BCUT2D eigenvalue weighted by molar-refractivity contribution is 7.81. The number of carbonyl (C=O) groups excluding carboxylic acids is 1. The van der Waals surface area contributed by atoms with Crippen molar-refractivity contribution in [3.05, 3.63) is 54.2 Å². The largest absolute Gasteiger partial charge is 0.478 e. The number of ether oxygens (including phenoxy) is 1. The smallest absolute Gasteiger partial charge is 0.237 e. The molecule has 21 heavy (non-hydrogen) atoms. The molecule has 0 aliphatic carbocycles. The summed E-state index contributed by atoms with van der Waals surface area (Å²) >= 11 is 4.36. The molecular weight excluding hydrogens is 284 g/mol. The molecule has 1 unspecified atom stereocenters. The Hall–Kier alpha value is -2.01. The molecule has 1 N–H and O–H groups in total. The Bertz CT molecular complexity index is 573. The molecule has 0 aliphatic rings. The number of amides is 1. The first-order chi connectivity index (χ1) is 10.2. The van der Waals surface area contributed by atoms with Gasteiger partial charge in [0.15, 0.2) is 0 Å². The van der Waals surface area contributed by atoms with E-state index in [-0.39, 0.29) is 5.91 Å². The third-order valence-corrected chi connectivity index (χ3v) is 3.29. The van der Waals surface area contributed by atoms with Crippen LogP contribution in [0, 0.1) is 0 Å². The van der Waals surface area contributed by atoms with Gasteiger partial charge in [0.1, 0.15) is 0 Å². The van der Waals surface area contributed by atoms with Gasteiger partial charge in [0, 0.05) is 6.07 Å². The first kappa shape index (κ1) is 15.4. The summed E-state index contributed by atoms with van der Waals surface area (Å²) in [5.41, 5.74) is 1.72. The number of hydrogen-bond donors (Lipinski definition) is 2. The van der Waals surface area contributed by atoms with E-state index in [4.69, 9.17) is 4.74 Å². The fourth-order valence-corrected chi connectivity index (χ4v) is 2.12. The van der Waals surface area contributed by atoms with E-state index in [2.05, 4.69) is 22.9 Å². The zero-order valence-electron chi connectivity index (χ0n) is 11.8. The highest BCUT2D eigenvalue weighted by Gasteiger charge is 2.14. The van der Waals surface area contributed by atoms with Gasteiger partial charge < -0.3 is 10.1 Å². The number of hydrogen-bond acceptors (Lipinski definition) is 4. The highest BCUT2D eigenvalue weighted by atomic mass is 32.1. The van der Waals surface area contributed by atoms with E-state index in [0.717, 1.165) is 5.56 Å². The number of thiol groups is 1. The van der Waals surface area contributed by atoms with Gasteiger partial charge in [-0.25, -0.2) is 4.98 Å². The van der Waals surface area contributed by atoms with E-state index < -0.39 is 5.25 Å². The molecule has 4 nitrogen and oxygen atoms in total. The van der Waals surface area contributed by atoms with Gasteiger partial charge >= 0.3 is 0 Å². The van der Waals surface area contributed by atoms with Crippen LogP contribution in [0.4, 0.5) is 5.69 Å². The Morgan fingerprint density at radius 2 is 2.05 bits per heavy atom. The predicted octanol–water partition coefficient (Wildman–Crippen LogP) is 2.96. The molecule has 0 spiro atoms. The summed E-state index contributed by atoms with van der Waals surface area (Å²) in [6, 6.07) is 13.3. The zero-order chi connectivity index (χ0) is 15.1. The Morgan fingerprint density at radius 1 is 1.29 bits per heavy atom. The second kappa shape index (κ2) is 7.69. The SMILES string of the molecule is CCOc1ccc(NC(=O)C(S)Cc2ccccc2)cn1. The molecule has 2 aromatic rings. The van der Waals surface area contributed by atoms with Crippen molar-refractivity contribution >= 4 is 24.2 Å². The number of anilines is 1. The van der Waals surface area contributed by atoms with Crippen LogP contribution in [0.15, 0.2) is 48.7 Å². The van der Waals surface area contributed by atoms with Crippen molar-refractivity contribution in [2.45, 2.75) is 18.6 Å². The Morgan fingerprint density at radius 3 is 2.67 bits per heavy atom. The third-order valence-electron chi connectivity index (χ3n) is 2.87. The molecule has 0 saturated heterocycles. The van der Waals surface area contributed by atoms with Crippen molar-refractivity contribution < 1.29 is 9.53 Å². The lowest BCUT2D eigenvalue weighted by atomic mass is 10.1. The topological polar surface area (TPSA) is 51.2 Å². The van der Waals surface area contributed by atoms with Crippen LogP contribution in [0.3, 0.4) is 0 Å². The molecule has 110 valence electrons. The summed E-state index contributed by atoms with van der Waals surface area (Å²) in [5.74, 6) is 0.398. The van der Waals surface area contributed by atoms with Crippen molar-refractivity contribution in [3.8, 4) is 5.88 Å². The van der Waals surface area contributed by atoms with Crippen molar-refractivity contribution in [1.29, 1.82) is 0 Å². The fourth-order valence-electron chi connectivity index (χ4n) is 1.84. The minimum atomic E-state index is -0.404. The molecular formula is C16H18N2O2S. The van der Waals surface area contributed by atoms with Crippen LogP contribution in [0.1, 0.15) is 12.5 Å². The molecule has 0 saturated carbocycles. The minimum absolute atomic E-state index is 0.145. The number of aromatic nitrogens is 1. The van der Waals surface area contributed by atoms with E-state index >= 15 is 0 Å². The van der Waals surface area contributed by atoms with Crippen molar-refractivity contribution in [2.75, 3.05) is 11.9 Å². The lowest BCUT2D eigenvalue weighted by Crippen LogP contribution is -2.25. The molecule has 0 radical (unpaired) electrons. The minimum Gasteiger partial charge on any atom is -0.478 e. The summed E-state index contributed by atoms with van der Waals surface area (Å²) in [6.45, 7) is 2.46. The molecule has 1 aromatic carbocycles. The lowest BCUT2D eigenvalue weighted by molar-refractivity contribution is -0.115. The van der Waals surface area contributed by atoms with Gasteiger partial charge in [-0.15, -0.1) is 0 Å². The maximum Gasteiger partial charge on any atom is 0.237 e. The van der Waals surface area contributed by atoms with Gasteiger partial charge in [-0.2, -0.15) is 12.6 Å². The standard InChI is InChI=1S/C16H18N2O2S/c1-2-20-15-9-8-13(11-17-15)18-16(19)14(21)10-12-6-4-3-5-7-12/h3-9,11,14,21H,2,10H2,1H3,(H,18,19). The van der Waals surface area contributed by atoms with Crippen LogP contribution in [0.2, 0.25) is 0 Å². The van der Waals surface area contributed by atoms with Crippen LogP contribution in [-0.4, -0.2) is 22.7 Å². The molecule has 1 heterocycles. The van der Waals surface area contributed by atoms with Crippen molar-refractivity contribution in [3.63, 3.8) is 0 Å². The Balaban J connectivity index is 1.91. The molecule has 0 bridgehead atoms. The van der Waals surface area contributed by atoms with E-state index in [0.29, 0.717) is 24.6 Å². The molecule has 0 aliphatic heterocycles. The van der Waals surface area contributed by atoms with E-state index in [1.165, 1.54) is 0 Å². The molecule has 5 heteroatoms. The number of nitrogens with zero attached hydrogens (tertiary/aromatic N) is 1. The van der Waals surface area contributed by atoms with Crippen molar-refractivity contribution in [1.82, 2.24) is 4.98 Å². The predicted molar refractivity (Wildman–Crippen MR) is 87.0 cm³/mol. The first-order valence-electron chi connectivity index (χ1n) is 6.80. The maximum atomic E-state index is 12.1. The van der Waals surface area contributed by atoms with Gasteiger partial charge in [0.25, 0.3) is 0 Å². The van der Waals surface area contributed by atoms with Crippen LogP contribution < -0.4 is 10.1 Å². The van der Waals surface area contributed by atoms with Crippen LogP contribution >= 0.6 is 12.6 Å². The van der Waals surface area contributed by atoms with Gasteiger partial charge in [-0.3, -0.25) is 4.79 Å². The van der Waals surface area contributed by atoms with Crippen molar-refractivity contribution in [2.24, 2.45) is 0 Å². The quantitative estimate of drug-likeness (QED) is 0.807. The average molecular weight is 302 g/mol. The molecule has 2 rings (SSSR count). The lowest BCUT2D eigenvalue weighted by Gasteiger charge is -2.11. The van der Waals surface area contributed by atoms with Gasteiger partial charge in [0.05, 0.1) is 23.7 Å². The molecule has 1 amide bonds. The molecule has 0 fully saturated rings. The second-order valence-corrected chi connectivity index (χ2v) is 5.14. The fraction of sp³-hybridized carbons (Fsp3) is 0.250. The molecule has 1 atom stereocenters. The van der Waals surface area contributed by atoms with Crippen LogP contribution in [-0.2, 0) is 11.2 Å². The monoisotopic (exact) mass is 302 g/mol. The van der Waals surface area contributed by atoms with Gasteiger partial charge in [0.2, 0.25) is 11.8 Å². The van der Waals surface area contributed by atoms with E-state index in [1.54, 1.807) is 18.3 Å². The Labute approximate surface area is 130 Å². The second-order valence-electron chi connectivity index (χ2n) is 4.51. The summed E-state index contributed by atoms with van der Waals surface area (Å²) in [6.07, 6.45) is 2.16. The van der Waals surface area contributed by atoms with E-state index in [9.17, 15) is 4.79 Å². The summed E-state index contributed by atoms with van der Waals surface area (Å²) in [4.78, 5) is 16.2. The number of rotatable bonds is 6. The Kier molecular flexibility index (Phi) is 5.63. The number of benzene rings is 1. The number of nitrogens with one attached hydrogen (secondary N) is 1. The van der Waals surface area contributed by atoms with Gasteiger partial charge in [-0.05, 0) is 25.0 Å². The zero-order valence-corrected chi connectivity index (χ0v) is 12.7. The summed E-state index contributed by atoms with van der Waals surface area (Å²) in [7, 11) is 0. The van der Waals surface area contributed by atoms with Crippen LogP contribution in [0.25, 0.3) is 0 Å². The maximum absolute atomic E-state index is 12.1. The molecule has 1 aromatic heterocycles. The average Bonchev–Trinajstić information content (AvgIpc) is 2.50. The third kappa shape index (κ3) is 4.79. The normalized spacial score (nSPS) is 11.7. The van der Waals surface area contributed by atoms with Gasteiger partial charge in [-0.1, -0.05) is 30.3 Å².